The first-order valence-corrected chi connectivity index (χ1v) is 7.44. The SMILES string of the molecule is CC(C)c1cc2cn(-c3ccc([C@H](C)N)cc3)c(=O)nc2[nH]1. The Labute approximate surface area is 128 Å². The fourth-order valence-corrected chi connectivity index (χ4v) is 2.45. The largest absolute Gasteiger partial charge is 0.354 e. The molecule has 1 atom stereocenters. The van der Waals surface area contributed by atoms with Crippen LogP contribution in [0, 0.1) is 0 Å². The minimum atomic E-state index is -0.293. The number of aromatic nitrogens is 3. The predicted molar refractivity (Wildman–Crippen MR) is 88.4 cm³/mol. The molecule has 3 N–H and O–H groups in total. The predicted octanol–water partition coefficient (Wildman–Crippen LogP) is 2.86. The Kier molecular flexibility index (Phi) is 3.58. The van der Waals surface area contributed by atoms with Crippen LogP contribution in [0.5, 0.6) is 0 Å². The molecular weight excluding hydrogens is 276 g/mol. The van der Waals surface area contributed by atoms with Gasteiger partial charge < -0.3 is 10.7 Å². The van der Waals surface area contributed by atoms with Crippen molar-refractivity contribution >= 4 is 11.0 Å². The van der Waals surface area contributed by atoms with Gasteiger partial charge in [0.05, 0.1) is 5.69 Å². The molecule has 3 aromatic rings. The van der Waals surface area contributed by atoms with E-state index >= 15 is 0 Å². The van der Waals surface area contributed by atoms with Gasteiger partial charge >= 0.3 is 5.69 Å². The Morgan fingerprint density at radius 2 is 1.86 bits per heavy atom. The van der Waals surface area contributed by atoms with Crippen LogP contribution < -0.4 is 11.4 Å². The van der Waals surface area contributed by atoms with E-state index in [1.165, 1.54) is 0 Å². The Balaban J connectivity index is 2.10. The van der Waals surface area contributed by atoms with Crippen molar-refractivity contribution in [1.82, 2.24) is 14.5 Å². The van der Waals surface area contributed by atoms with Crippen LogP contribution in [-0.2, 0) is 0 Å². The number of hydrogen-bond acceptors (Lipinski definition) is 3. The van der Waals surface area contributed by atoms with Crippen LogP contribution in [0.3, 0.4) is 0 Å². The monoisotopic (exact) mass is 296 g/mol. The van der Waals surface area contributed by atoms with Crippen LogP contribution in [0.15, 0.2) is 41.3 Å². The number of H-pyrrole nitrogens is 1. The normalized spacial score (nSPS) is 13.0. The number of nitrogens with one attached hydrogen (secondary N) is 1. The zero-order valence-electron chi connectivity index (χ0n) is 13.0. The fraction of sp³-hybridized carbons (Fsp3) is 0.294. The maximum Gasteiger partial charge on any atom is 0.354 e. The quantitative estimate of drug-likeness (QED) is 0.780. The maximum atomic E-state index is 12.2. The summed E-state index contributed by atoms with van der Waals surface area (Å²) >= 11 is 0. The van der Waals surface area contributed by atoms with Crippen molar-refractivity contribution in [3.8, 4) is 5.69 Å². The van der Waals surface area contributed by atoms with Gasteiger partial charge in [-0.1, -0.05) is 26.0 Å². The minimum absolute atomic E-state index is 0.0235. The van der Waals surface area contributed by atoms with E-state index in [0.717, 1.165) is 22.3 Å². The second-order valence-electron chi connectivity index (χ2n) is 5.96. The van der Waals surface area contributed by atoms with Crippen LogP contribution >= 0.6 is 0 Å². The van der Waals surface area contributed by atoms with E-state index in [4.69, 9.17) is 5.73 Å². The van der Waals surface area contributed by atoms with Crippen LogP contribution in [0.25, 0.3) is 16.7 Å². The molecule has 0 radical (unpaired) electrons. The molecule has 22 heavy (non-hydrogen) atoms. The number of aromatic amines is 1. The summed E-state index contributed by atoms with van der Waals surface area (Å²) in [5.41, 5.74) is 9.10. The highest BCUT2D eigenvalue weighted by Gasteiger charge is 2.09. The van der Waals surface area contributed by atoms with Gasteiger partial charge in [0.1, 0.15) is 5.65 Å². The van der Waals surface area contributed by atoms with E-state index < -0.39 is 0 Å². The molecule has 2 aromatic heterocycles. The van der Waals surface area contributed by atoms with E-state index in [9.17, 15) is 4.79 Å². The van der Waals surface area contributed by atoms with Gasteiger partial charge in [0.2, 0.25) is 0 Å². The number of nitrogens with zero attached hydrogens (tertiary/aromatic N) is 2. The second kappa shape index (κ2) is 5.42. The van der Waals surface area contributed by atoms with Crippen LogP contribution in [-0.4, -0.2) is 14.5 Å². The Morgan fingerprint density at radius 1 is 1.18 bits per heavy atom. The molecule has 0 bridgehead atoms. The lowest BCUT2D eigenvalue weighted by Crippen LogP contribution is -2.20. The zero-order valence-corrected chi connectivity index (χ0v) is 13.0. The molecule has 5 heteroatoms. The van der Waals surface area contributed by atoms with Crippen molar-refractivity contribution in [2.75, 3.05) is 0 Å². The van der Waals surface area contributed by atoms with Crippen LogP contribution in [0.1, 0.15) is 44.0 Å². The standard InChI is InChI=1S/C17H20N4O/c1-10(2)15-8-13-9-21(17(22)20-16(13)19-15)14-6-4-12(5-7-14)11(3)18/h4-11H,18H2,1-3H3,(H,19,20,22)/t11-/m0/s1. The molecule has 0 unspecified atom stereocenters. The molecule has 0 spiro atoms. The van der Waals surface area contributed by atoms with E-state index in [-0.39, 0.29) is 11.7 Å². The van der Waals surface area contributed by atoms with Gasteiger partial charge in [-0.25, -0.2) is 4.79 Å². The smallest absolute Gasteiger partial charge is 0.343 e. The number of nitrogens with two attached hydrogens (primary N) is 1. The average Bonchev–Trinajstić information content (AvgIpc) is 2.89. The van der Waals surface area contributed by atoms with Crippen LogP contribution in [0.4, 0.5) is 0 Å². The van der Waals surface area contributed by atoms with E-state index in [1.807, 2.05) is 43.5 Å². The van der Waals surface area contributed by atoms with E-state index in [2.05, 4.69) is 23.8 Å². The third kappa shape index (κ3) is 2.55. The summed E-state index contributed by atoms with van der Waals surface area (Å²) in [6.07, 6.45) is 1.83. The molecule has 5 nitrogen and oxygen atoms in total. The Morgan fingerprint density at radius 3 is 2.45 bits per heavy atom. The van der Waals surface area contributed by atoms with Crippen molar-refractivity contribution in [2.45, 2.75) is 32.7 Å². The van der Waals surface area contributed by atoms with Gasteiger partial charge in [-0.15, -0.1) is 0 Å². The summed E-state index contributed by atoms with van der Waals surface area (Å²) in [5.74, 6) is 0.364. The molecule has 2 heterocycles. The molecule has 0 aliphatic rings. The molecule has 0 aliphatic heterocycles. The van der Waals surface area contributed by atoms with E-state index in [0.29, 0.717) is 11.6 Å². The summed E-state index contributed by atoms with van der Waals surface area (Å²) in [6.45, 7) is 6.13. The highest BCUT2D eigenvalue weighted by atomic mass is 16.1. The molecule has 0 saturated heterocycles. The average molecular weight is 296 g/mol. The number of fused-ring (bicyclic) bond motifs is 1. The van der Waals surface area contributed by atoms with Gasteiger partial charge in [-0.3, -0.25) is 4.57 Å². The van der Waals surface area contributed by atoms with Gasteiger partial charge in [-0.05, 0) is 36.6 Å². The molecule has 0 aliphatic carbocycles. The Bertz CT molecular complexity index is 856. The van der Waals surface area contributed by atoms with Gasteiger partial charge in [0.25, 0.3) is 0 Å². The lowest BCUT2D eigenvalue weighted by atomic mass is 10.1. The lowest BCUT2D eigenvalue weighted by Gasteiger charge is -2.08. The van der Waals surface area contributed by atoms with Gasteiger partial charge in [0.15, 0.2) is 0 Å². The Hall–Kier alpha value is -2.40. The molecule has 114 valence electrons. The number of benzene rings is 1. The summed E-state index contributed by atoms with van der Waals surface area (Å²) in [4.78, 5) is 19.6. The molecule has 1 aromatic carbocycles. The van der Waals surface area contributed by atoms with Crippen molar-refractivity contribution < 1.29 is 0 Å². The third-order valence-corrected chi connectivity index (χ3v) is 3.85. The highest BCUT2D eigenvalue weighted by molar-refractivity contribution is 5.76. The molecule has 0 amide bonds. The molecule has 3 rings (SSSR count). The number of hydrogen-bond donors (Lipinski definition) is 2. The maximum absolute atomic E-state index is 12.2. The van der Waals surface area contributed by atoms with Crippen molar-refractivity contribution in [2.24, 2.45) is 5.73 Å². The van der Waals surface area contributed by atoms with Gasteiger partial charge in [0, 0.05) is 23.3 Å². The first-order valence-electron chi connectivity index (χ1n) is 7.44. The van der Waals surface area contributed by atoms with Crippen LogP contribution in [0.2, 0.25) is 0 Å². The lowest BCUT2D eigenvalue weighted by molar-refractivity contribution is 0.816. The number of rotatable bonds is 3. The minimum Gasteiger partial charge on any atom is -0.343 e. The first kappa shape index (κ1) is 14.5. The summed E-state index contributed by atoms with van der Waals surface area (Å²) in [7, 11) is 0. The van der Waals surface area contributed by atoms with Crippen molar-refractivity contribution in [1.29, 1.82) is 0 Å². The summed E-state index contributed by atoms with van der Waals surface area (Å²) in [5, 5.41) is 0.930. The third-order valence-electron chi connectivity index (χ3n) is 3.85. The van der Waals surface area contributed by atoms with Crippen molar-refractivity contribution in [3.63, 3.8) is 0 Å². The summed E-state index contributed by atoms with van der Waals surface area (Å²) < 4.78 is 1.56. The fourth-order valence-electron chi connectivity index (χ4n) is 2.45. The van der Waals surface area contributed by atoms with Gasteiger partial charge in [-0.2, -0.15) is 4.98 Å². The first-order chi connectivity index (χ1) is 10.5. The van der Waals surface area contributed by atoms with Crippen molar-refractivity contribution in [3.05, 3.63) is 58.3 Å². The zero-order chi connectivity index (χ0) is 15.9. The molecular formula is C17H20N4O. The van der Waals surface area contributed by atoms with E-state index in [1.54, 1.807) is 4.57 Å². The molecule has 0 fully saturated rings. The summed E-state index contributed by atoms with van der Waals surface area (Å²) in [6, 6.07) is 9.68. The molecule has 0 saturated carbocycles. The highest BCUT2D eigenvalue weighted by Crippen LogP contribution is 2.19. The topological polar surface area (TPSA) is 76.7 Å². The second-order valence-corrected chi connectivity index (χ2v) is 5.96.